The van der Waals surface area contributed by atoms with Crippen molar-refractivity contribution in [3.63, 3.8) is 0 Å². The molecule has 2 heteroatoms. The molecule has 0 aromatic heterocycles. The highest BCUT2D eigenvalue weighted by Gasteiger charge is 2.24. The van der Waals surface area contributed by atoms with E-state index in [4.69, 9.17) is 0 Å². The van der Waals surface area contributed by atoms with Crippen molar-refractivity contribution in [1.82, 2.24) is 0 Å². The minimum atomic E-state index is -0.138. The van der Waals surface area contributed by atoms with Crippen LogP contribution in [0.25, 0.3) is 0 Å². The van der Waals surface area contributed by atoms with Gasteiger partial charge in [0.1, 0.15) is 0 Å². The summed E-state index contributed by atoms with van der Waals surface area (Å²) in [6.45, 7) is 8.10. The van der Waals surface area contributed by atoms with E-state index >= 15 is 0 Å². The first-order chi connectivity index (χ1) is 7.74. The Morgan fingerprint density at radius 2 is 2.06 bits per heavy atom. The van der Waals surface area contributed by atoms with E-state index in [1.807, 2.05) is 0 Å². The molecule has 1 aliphatic heterocycles. The molecule has 0 fully saturated rings. The van der Waals surface area contributed by atoms with Gasteiger partial charge < -0.3 is 5.32 Å². The normalized spacial score (nSPS) is 19.4. The lowest BCUT2D eigenvalue weighted by atomic mass is 10.0. The first kappa shape index (κ1) is 11.7. The van der Waals surface area contributed by atoms with Gasteiger partial charge in [0, 0.05) is 12.2 Å². The molecule has 0 saturated heterocycles. The fraction of sp³-hybridized carbons (Fsp3) is 0.571. The van der Waals surface area contributed by atoms with Crippen molar-refractivity contribution in [2.75, 3.05) is 11.9 Å². The van der Waals surface area contributed by atoms with Gasteiger partial charge in [0.05, 0.1) is 8.80 Å². The van der Waals surface area contributed by atoms with Crippen molar-refractivity contribution >= 4 is 14.5 Å². The Hall–Kier alpha value is -0.763. The van der Waals surface area contributed by atoms with E-state index in [-0.39, 0.29) is 8.80 Å². The van der Waals surface area contributed by atoms with Crippen LogP contribution in [0.4, 0.5) is 5.69 Å². The average Bonchev–Trinajstić information content (AvgIpc) is 2.31. The number of aryl methyl sites for hydroxylation is 1. The van der Waals surface area contributed by atoms with Gasteiger partial charge in [0.2, 0.25) is 0 Å². The van der Waals surface area contributed by atoms with Crippen molar-refractivity contribution in [1.29, 1.82) is 0 Å². The molecule has 1 heterocycles. The Labute approximate surface area is 101 Å². The molecule has 1 radical (unpaired) electrons. The Kier molecular flexibility index (Phi) is 3.69. The number of anilines is 1. The van der Waals surface area contributed by atoms with Gasteiger partial charge in [-0.2, -0.15) is 0 Å². The second-order valence-electron chi connectivity index (χ2n) is 4.81. The van der Waals surface area contributed by atoms with Crippen LogP contribution >= 0.6 is 0 Å². The summed E-state index contributed by atoms with van der Waals surface area (Å²) in [5, 5.41) is 3.63. The molecular formula is C14H22NSi. The van der Waals surface area contributed by atoms with Crippen LogP contribution in [0.5, 0.6) is 0 Å². The topological polar surface area (TPSA) is 12.0 Å². The summed E-state index contributed by atoms with van der Waals surface area (Å²) in [5.74, 6) is 0. The van der Waals surface area contributed by atoms with Crippen molar-refractivity contribution in [3.8, 4) is 0 Å². The van der Waals surface area contributed by atoms with Crippen LogP contribution in [0.2, 0.25) is 17.6 Å². The minimum absolute atomic E-state index is 0.138. The highest BCUT2D eigenvalue weighted by Crippen LogP contribution is 2.31. The largest absolute Gasteiger partial charge is 0.385 e. The van der Waals surface area contributed by atoms with Crippen LogP contribution in [-0.4, -0.2) is 15.3 Å². The van der Waals surface area contributed by atoms with Gasteiger partial charge in [0.15, 0.2) is 0 Å². The number of fused-ring (bicyclic) bond motifs is 1. The zero-order valence-electron chi connectivity index (χ0n) is 10.6. The van der Waals surface area contributed by atoms with Gasteiger partial charge in [-0.05, 0) is 36.1 Å². The fourth-order valence-electron chi connectivity index (χ4n) is 2.72. The summed E-state index contributed by atoms with van der Waals surface area (Å²) in [6, 6.07) is 9.67. The van der Waals surface area contributed by atoms with Crippen LogP contribution in [-0.2, 0) is 6.42 Å². The van der Waals surface area contributed by atoms with Gasteiger partial charge >= 0.3 is 0 Å². The van der Waals surface area contributed by atoms with E-state index in [9.17, 15) is 0 Å². The van der Waals surface area contributed by atoms with E-state index in [2.05, 4.69) is 44.3 Å². The maximum atomic E-state index is 3.63. The summed E-state index contributed by atoms with van der Waals surface area (Å²) in [4.78, 5) is 0. The third-order valence-electron chi connectivity index (χ3n) is 3.76. The van der Waals surface area contributed by atoms with Gasteiger partial charge in [-0.1, -0.05) is 38.1 Å². The molecule has 87 valence electrons. The minimum Gasteiger partial charge on any atom is -0.385 e. The molecule has 2 rings (SSSR count). The molecule has 1 aliphatic rings. The smallest absolute Gasteiger partial charge is 0.0530 e. The van der Waals surface area contributed by atoms with E-state index in [0.29, 0.717) is 0 Å². The lowest BCUT2D eigenvalue weighted by Crippen LogP contribution is -2.30. The molecule has 1 atom stereocenters. The van der Waals surface area contributed by atoms with Crippen molar-refractivity contribution < 1.29 is 0 Å². The molecule has 0 saturated carbocycles. The highest BCUT2D eigenvalue weighted by atomic mass is 28.3. The number of rotatable bonds is 3. The van der Waals surface area contributed by atoms with Crippen molar-refractivity contribution in [3.05, 3.63) is 29.3 Å². The molecule has 16 heavy (non-hydrogen) atoms. The third-order valence-corrected chi connectivity index (χ3v) is 7.14. The standard InChI is InChI=1S/C14H22NSi/c1-4-16(5-2)13-9-12-7-6-11(3)8-14(12)15-10-13/h6-8,13,15H,4-5,9-10H2,1-3H3. The molecule has 1 aromatic rings. The van der Waals surface area contributed by atoms with Gasteiger partial charge in [-0.3, -0.25) is 0 Å². The summed E-state index contributed by atoms with van der Waals surface area (Å²) in [5.41, 5.74) is 5.20. The molecule has 0 amide bonds. The maximum absolute atomic E-state index is 3.63. The van der Waals surface area contributed by atoms with E-state index in [1.165, 1.54) is 41.9 Å². The second-order valence-corrected chi connectivity index (χ2v) is 8.36. The molecule has 1 unspecified atom stereocenters. The fourth-order valence-corrected chi connectivity index (χ4v) is 5.27. The van der Waals surface area contributed by atoms with Gasteiger partial charge in [-0.25, -0.2) is 0 Å². The zero-order valence-corrected chi connectivity index (χ0v) is 11.6. The summed E-state index contributed by atoms with van der Waals surface area (Å²) >= 11 is 0. The summed E-state index contributed by atoms with van der Waals surface area (Å²) < 4.78 is 0. The van der Waals surface area contributed by atoms with E-state index in [1.54, 1.807) is 0 Å². The maximum Gasteiger partial charge on any atom is 0.0530 e. The molecule has 1 nitrogen and oxygen atoms in total. The first-order valence-corrected chi connectivity index (χ1v) is 8.41. The first-order valence-electron chi connectivity index (χ1n) is 6.42. The lowest BCUT2D eigenvalue weighted by Gasteiger charge is -2.30. The summed E-state index contributed by atoms with van der Waals surface area (Å²) in [7, 11) is -0.138. The van der Waals surface area contributed by atoms with Crippen LogP contribution in [0.1, 0.15) is 25.0 Å². The van der Waals surface area contributed by atoms with Crippen LogP contribution in [0.3, 0.4) is 0 Å². The summed E-state index contributed by atoms with van der Waals surface area (Å²) in [6.07, 6.45) is 1.30. The Balaban J connectivity index is 2.14. The van der Waals surface area contributed by atoms with Gasteiger partial charge in [-0.15, -0.1) is 0 Å². The lowest BCUT2D eigenvalue weighted by molar-refractivity contribution is 0.795. The zero-order chi connectivity index (χ0) is 11.5. The number of hydrogen-bond acceptors (Lipinski definition) is 1. The molecule has 0 bridgehead atoms. The van der Waals surface area contributed by atoms with Crippen LogP contribution in [0, 0.1) is 6.92 Å². The number of benzene rings is 1. The highest BCUT2D eigenvalue weighted by molar-refractivity contribution is 6.60. The quantitative estimate of drug-likeness (QED) is 0.780. The Morgan fingerprint density at radius 3 is 2.75 bits per heavy atom. The van der Waals surface area contributed by atoms with Crippen molar-refractivity contribution in [2.24, 2.45) is 0 Å². The third kappa shape index (κ3) is 2.32. The predicted octanol–water partition coefficient (Wildman–Crippen LogP) is 3.87. The molecule has 0 aliphatic carbocycles. The molecular weight excluding hydrogens is 210 g/mol. The monoisotopic (exact) mass is 232 g/mol. The number of hydrogen-bond donors (Lipinski definition) is 1. The van der Waals surface area contributed by atoms with Crippen molar-refractivity contribution in [2.45, 2.75) is 44.8 Å². The SMILES string of the molecule is CC[Si](CC)C1CNc2cc(C)ccc2C1. The second kappa shape index (κ2) is 5.04. The van der Waals surface area contributed by atoms with Gasteiger partial charge in [0.25, 0.3) is 0 Å². The van der Waals surface area contributed by atoms with Crippen LogP contribution in [0.15, 0.2) is 18.2 Å². The number of nitrogens with one attached hydrogen (secondary N) is 1. The molecule has 1 N–H and O–H groups in total. The predicted molar refractivity (Wildman–Crippen MR) is 73.8 cm³/mol. The molecule has 1 aromatic carbocycles. The van der Waals surface area contributed by atoms with E-state index < -0.39 is 0 Å². The molecule has 0 spiro atoms. The Morgan fingerprint density at radius 1 is 1.31 bits per heavy atom. The average molecular weight is 232 g/mol. The van der Waals surface area contributed by atoms with Crippen LogP contribution < -0.4 is 5.32 Å². The Bertz CT molecular complexity index is 358. The van der Waals surface area contributed by atoms with E-state index in [0.717, 1.165) is 5.54 Å².